The van der Waals surface area contributed by atoms with Crippen LogP contribution < -0.4 is 0 Å². The SMILES string of the molecule is O=C(Cc1cc2cc(-c3cnn(C4CC4)c3)ccc2cn1)C1CCN(CCC(F)(F)F)CC1. The van der Waals surface area contributed by atoms with Crippen LogP contribution in [0.15, 0.2) is 42.9 Å². The van der Waals surface area contributed by atoms with E-state index in [0.29, 0.717) is 32.0 Å². The van der Waals surface area contributed by atoms with Crippen LogP contribution in [0.5, 0.6) is 0 Å². The molecule has 0 radical (unpaired) electrons. The van der Waals surface area contributed by atoms with Gasteiger partial charge >= 0.3 is 6.18 Å². The van der Waals surface area contributed by atoms with Crippen LogP contribution in [0.2, 0.25) is 0 Å². The lowest BCUT2D eigenvalue weighted by Gasteiger charge is -2.31. The molecule has 3 heterocycles. The van der Waals surface area contributed by atoms with E-state index in [0.717, 1.165) is 27.6 Å². The smallest absolute Gasteiger partial charge is 0.303 e. The molecule has 0 unspecified atom stereocenters. The molecule has 8 heteroatoms. The summed E-state index contributed by atoms with van der Waals surface area (Å²) in [5, 5.41) is 6.52. The maximum absolute atomic E-state index is 12.8. The number of carbonyl (C=O) groups excluding carboxylic acids is 1. The zero-order chi connectivity index (χ0) is 23.0. The van der Waals surface area contributed by atoms with Gasteiger partial charge in [0.1, 0.15) is 5.78 Å². The molecular weight excluding hydrogens is 429 g/mol. The molecule has 1 saturated carbocycles. The van der Waals surface area contributed by atoms with Crippen molar-refractivity contribution in [2.45, 2.75) is 50.7 Å². The normalized spacial score (nSPS) is 18.2. The van der Waals surface area contributed by atoms with Gasteiger partial charge in [0, 0.05) is 47.9 Å². The number of halogens is 3. The number of Topliss-reactive ketones (excluding diaryl/α,β-unsaturated/α-hetero) is 1. The quantitative estimate of drug-likeness (QED) is 0.490. The van der Waals surface area contributed by atoms with Crippen LogP contribution >= 0.6 is 0 Å². The largest absolute Gasteiger partial charge is 0.390 e. The molecule has 0 atom stereocenters. The Labute approximate surface area is 190 Å². The van der Waals surface area contributed by atoms with Crippen molar-refractivity contribution in [3.63, 3.8) is 0 Å². The van der Waals surface area contributed by atoms with Gasteiger partial charge in [-0.05, 0) is 61.9 Å². The van der Waals surface area contributed by atoms with E-state index in [4.69, 9.17) is 0 Å². The third-order valence-corrected chi connectivity index (χ3v) is 6.74. The molecule has 1 aliphatic carbocycles. The van der Waals surface area contributed by atoms with Gasteiger partial charge in [0.2, 0.25) is 0 Å². The van der Waals surface area contributed by atoms with E-state index in [1.807, 2.05) is 23.0 Å². The van der Waals surface area contributed by atoms with E-state index in [-0.39, 0.29) is 24.7 Å². The van der Waals surface area contributed by atoms with Gasteiger partial charge in [-0.25, -0.2) is 0 Å². The molecule has 1 aromatic carbocycles. The Kier molecular flexibility index (Phi) is 5.95. The van der Waals surface area contributed by atoms with Gasteiger partial charge in [0.05, 0.1) is 18.7 Å². The Morgan fingerprint density at radius 2 is 1.79 bits per heavy atom. The number of ketones is 1. The number of hydrogen-bond donors (Lipinski definition) is 0. The Hall–Kier alpha value is -2.74. The van der Waals surface area contributed by atoms with Gasteiger partial charge in [-0.1, -0.05) is 12.1 Å². The molecule has 0 amide bonds. The third kappa shape index (κ3) is 5.43. The first-order valence-corrected chi connectivity index (χ1v) is 11.6. The van der Waals surface area contributed by atoms with Gasteiger partial charge < -0.3 is 4.90 Å². The molecule has 0 N–H and O–H groups in total. The van der Waals surface area contributed by atoms with Crippen molar-refractivity contribution in [1.29, 1.82) is 0 Å². The predicted octanol–water partition coefficient (Wildman–Crippen LogP) is 5.21. The maximum atomic E-state index is 12.8. The van der Waals surface area contributed by atoms with Crippen molar-refractivity contribution < 1.29 is 18.0 Å². The molecule has 33 heavy (non-hydrogen) atoms. The monoisotopic (exact) mass is 456 g/mol. The maximum Gasteiger partial charge on any atom is 0.390 e. The molecule has 0 spiro atoms. The molecular formula is C25H27F3N4O. The molecule has 1 aliphatic heterocycles. The highest BCUT2D eigenvalue weighted by molar-refractivity contribution is 5.88. The predicted molar refractivity (Wildman–Crippen MR) is 120 cm³/mol. The number of fused-ring (bicyclic) bond motifs is 1. The second-order valence-electron chi connectivity index (χ2n) is 9.30. The Bertz CT molecular complexity index is 1140. The molecule has 2 fully saturated rings. The van der Waals surface area contributed by atoms with Crippen LogP contribution in [0.1, 0.15) is 43.8 Å². The van der Waals surface area contributed by atoms with Crippen molar-refractivity contribution in [1.82, 2.24) is 19.7 Å². The van der Waals surface area contributed by atoms with E-state index in [9.17, 15) is 18.0 Å². The van der Waals surface area contributed by atoms with Crippen LogP contribution in [0, 0.1) is 5.92 Å². The molecule has 174 valence electrons. The van der Waals surface area contributed by atoms with Crippen molar-refractivity contribution in [2.75, 3.05) is 19.6 Å². The van der Waals surface area contributed by atoms with Crippen LogP contribution in [-0.4, -0.2) is 51.3 Å². The first-order valence-electron chi connectivity index (χ1n) is 11.6. The fourth-order valence-electron chi connectivity index (χ4n) is 4.57. The van der Waals surface area contributed by atoms with E-state index in [2.05, 4.69) is 28.4 Å². The lowest BCUT2D eigenvalue weighted by atomic mass is 9.90. The highest BCUT2D eigenvalue weighted by atomic mass is 19.4. The summed E-state index contributed by atoms with van der Waals surface area (Å²) < 4.78 is 39.3. The minimum Gasteiger partial charge on any atom is -0.303 e. The second kappa shape index (κ2) is 8.89. The summed E-state index contributed by atoms with van der Waals surface area (Å²) in [6.45, 7) is 1.09. The van der Waals surface area contributed by atoms with Crippen molar-refractivity contribution >= 4 is 16.6 Å². The number of pyridine rings is 1. The zero-order valence-corrected chi connectivity index (χ0v) is 18.4. The summed E-state index contributed by atoms with van der Waals surface area (Å²) >= 11 is 0. The average molecular weight is 457 g/mol. The Morgan fingerprint density at radius 3 is 2.52 bits per heavy atom. The second-order valence-corrected chi connectivity index (χ2v) is 9.30. The number of alkyl halides is 3. The number of piperidine rings is 1. The molecule has 2 aliphatic rings. The van der Waals surface area contributed by atoms with Crippen molar-refractivity contribution in [2.24, 2.45) is 5.92 Å². The molecule has 5 nitrogen and oxygen atoms in total. The molecule has 3 aromatic rings. The van der Waals surface area contributed by atoms with E-state index in [1.165, 1.54) is 12.8 Å². The highest BCUT2D eigenvalue weighted by Gasteiger charge is 2.30. The fraction of sp³-hybridized carbons (Fsp3) is 0.480. The lowest BCUT2D eigenvalue weighted by Crippen LogP contribution is -2.38. The number of rotatable bonds is 7. The number of carbonyl (C=O) groups is 1. The molecule has 0 bridgehead atoms. The van der Waals surface area contributed by atoms with E-state index in [1.54, 1.807) is 11.1 Å². The number of likely N-dealkylation sites (tertiary alicyclic amines) is 1. The molecule has 1 saturated heterocycles. The van der Waals surface area contributed by atoms with Crippen LogP contribution in [0.25, 0.3) is 21.9 Å². The Morgan fingerprint density at radius 1 is 1.00 bits per heavy atom. The Balaban J connectivity index is 1.22. The van der Waals surface area contributed by atoms with Crippen molar-refractivity contribution in [3.05, 3.63) is 48.5 Å². The number of nitrogens with zero attached hydrogens (tertiary/aromatic N) is 4. The summed E-state index contributed by atoms with van der Waals surface area (Å²) in [5.74, 6) is 0.0171. The minimum atomic E-state index is -4.13. The first kappa shape index (κ1) is 22.1. The summed E-state index contributed by atoms with van der Waals surface area (Å²) in [7, 11) is 0. The number of hydrogen-bond acceptors (Lipinski definition) is 4. The number of aromatic nitrogens is 3. The molecule has 5 rings (SSSR count). The summed E-state index contributed by atoms with van der Waals surface area (Å²) in [6, 6.07) is 8.72. The van der Waals surface area contributed by atoms with Gasteiger partial charge in [-0.15, -0.1) is 0 Å². The van der Waals surface area contributed by atoms with Crippen LogP contribution in [-0.2, 0) is 11.2 Å². The van der Waals surface area contributed by atoms with Crippen molar-refractivity contribution in [3.8, 4) is 11.1 Å². The van der Waals surface area contributed by atoms with E-state index < -0.39 is 12.6 Å². The highest BCUT2D eigenvalue weighted by Crippen LogP contribution is 2.35. The van der Waals surface area contributed by atoms with Crippen LogP contribution in [0.4, 0.5) is 13.2 Å². The van der Waals surface area contributed by atoms with E-state index >= 15 is 0 Å². The average Bonchev–Trinajstić information content (AvgIpc) is 3.53. The van der Waals surface area contributed by atoms with Gasteiger partial charge in [-0.2, -0.15) is 18.3 Å². The number of benzene rings is 1. The fourth-order valence-corrected chi connectivity index (χ4v) is 4.57. The summed E-state index contributed by atoms with van der Waals surface area (Å²) in [5.41, 5.74) is 2.90. The van der Waals surface area contributed by atoms with Gasteiger partial charge in [0.25, 0.3) is 0 Å². The lowest BCUT2D eigenvalue weighted by molar-refractivity contribution is -0.139. The standard InChI is InChI=1S/C25H27F3N4O/c26-25(27,28)7-10-31-8-5-17(6-9-31)24(33)13-22-12-20-11-18(1-2-19(20)14-29-22)21-15-30-32(16-21)23-3-4-23/h1-2,11-12,14-17,23H,3-10,13H2. The molecule has 2 aromatic heterocycles. The van der Waals surface area contributed by atoms with Gasteiger partial charge in [-0.3, -0.25) is 14.5 Å². The van der Waals surface area contributed by atoms with Crippen LogP contribution in [0.3, 0.4) is 0 Å². The third-order valence-electron chi connectivity index (χ3n) is 6.74. The van der Waals surface area contributed by atoms with Gasteiger partial charge in [0.15, 0.2) is 0 Å². The minimum absolute atomic E-state index is 0.0124. The summed E-state index contributed by atoms with van der Waals surface area (Å²) in [4.78, 5) is 19.1. The zero-order valence-electron chi connectivity index (χ0n) is 18.4. The first-order chi connectivity index (χ1) is 15.8. The topological polar surface area (TPSA) is 51.0 Å². The summed E-state index contributed by atoms with van der Waals surface area (Å²) in [6.07, 6.45) is 4.71.